The van der Waals surface area contributed by atoms with Crippen LogP contribution in [0.15, 0.2) is 84.1 Å². The summed E-state index contributed by atoms with van der Waals surface area (Å²) in [5.74, 6) is 0.992. The summed E-state index contributed by atoms with van der Waals surface area (Å²) in [5, 5.41) is 18.0. The van der Waals surface area contributed by atoms with Gasteiger partial charge in [0.25, 0.3) is 0 Å². The number of benzene rings is 1. The number of halogens is 2. The smallest absolute Gasteiger partial charge is 0.390 e. The van der Waals surface area contributed by atoms with Crippen LogP contribution in [0, 0.1) is 10.1 Å². The van der Waals surface area contributed by atoms with Crippen molar-refractivity contribution < 1.29 is 35.9 Å². The quantitative estimate of drug-likeness (QED) is 0.0834. The molecule has 0 saturated heterocycles. The molecule has 2 N–H and O–H groups in total. The first-order valence-corrected chi connectivity index (χ1v) is 14.5. The number of aryl methyl sites for hydroxylation is 1. The van der Waals surface area contributed by atoms with Crippen LogP contribution in [0.2, 0.25) is 0 Å². The van der Waals surface area contributed by atoms with Crippen LogP contribution in [-0.4, -0.2) is 65.4 Å². The molecule has 5 rings (SSSR count). The fourth-order valence-electron chi connectivity index (χ4n) is 4.46. The molecule has 0 spiro atoms. The van der Waals surface area contributed by atoms with Gasteiger partial charge in [0.05, 0.1) is 42.5 Å². The van der Waals surface area contributed by atoms with Crippen molar-refractivity contribution in [1.82, 2.24) is 29.5 Å². The molecule has 16 heteroatoms. The molecule has 1 aromatic carbocycles. The van der Waals surface area contributed by atoms with Crippen molar-refractivity contribution in [2.45, 2.75) is 13.2 Å². The number of rotatable bonds is 12. The van der Waals surface area contributed by atoms with Gasteiger partial charge in [0, 0.05) is 30.4 Å². The van der Waals surface area contributed by atoms with Crippen LogP contribution in [0.1, 0.15) is 11.4 Å². The number of carbonyl (C=O) groups is 1. The molecule has 5 aromatic rings. The third-order valence-electron chi connectivity index (χ3n) is 6.73. The Morgan fingerprint density at radius 2 is 1.96 bits per heavy atom. The zero-order chi connectivity index (χ0) is 32.0. The number of aromatic nitrogens is 6. The molecule has 46 heavy (non-hydrogen) atoms. The molecule has 14 nitrogen and oxygen atoms in total. The molecule has 1 amide bonds. The van der Waals surface area contributed by atoms with Gasteiger partial charge in [-0.05, 0) is 68.3 Å². The lowest BCUT2D eigenvalue weighted by molar-refractivity contribution is -0.898. The molecule has 0 bridgehead atoms. The van der Waals surface area contributed by atoms with Crippen molar-refractivity contribution in [3.05, 3.63) is 106 Å². The number of nitro groups is 1. The first-order chi connectivity index (χ1) is 21.6. The lowest BCUT2D eigenvalue weighted by atomic mass is 10.2. The Kier molecular flexibility index (Phi) is 11.1. The highest BCUT2D eigenvalue weighted by atomic mass is 79.9. The number of hydrogen-bond donors (Lipinski definition) is 2. The number of carbonyl (C=O) groups excluding carboxylic acids is 1. The summed E-state index contributed by atoms with van der Waals surface area (Å²) in [5.41, 5.74) is 2.68. The third-order valence-corrected chi connectivity index (χ3v) is 7.35. The number of imidazole rings is 1. The number of nitrogens with one attached hydrogen (secondary N) is 2. The van der Waals surface area contributed by atoms with Gasteiger partial charge in [-0.3, -0.25) is 9.78 Å². The Morgan fingerprint density at radius 3 is 2.70 bits per heavy atom. The summed E-state index contributed by atoms with van der Waals surface area (Å²) < 4.78 is 8.66. The van der Waals surface area contributed by atoms with Crippen LogP contribution >= 0.6 is 15.9 Å². The number of anilines is 3. The number of nitrogens with zero attached hydrogens (tertiary/aromatic N) is 8. The Balaban J connectivity index is 0.00000480. The minimum atomic E-state index is -0.489. The summed E-state index contributed by atoms with van der Waals surface area (Å²) in [6.45, 7) is 1.15. The first-order valence-electron chi connectivity index (χ1n) is 13.7. The molecule has 238 valence electrons. The zero-order valence-electron chi connectivity index (χ0n) is 25.1. The molecule has 0 unspecified atom stereocenters. The second-order valence-corrected chi connectivity index (χ2v) is 11.6. The van der Waals surface area contributed by atoms with E-state index >= 15 is 0 Å². The van der Waals surface area contributed by atoms with Crippen LogP contribution in [0.3, 0.4) is 0 Å². The zero-order valence-corrected chi connectivity index (χ0v) is 28.3. The van der Waals surface area contributed by atoms with Gasteiger partial charge in [-0.25, -0.2) is 15.0 Å². The SMILES string of the molecule is Cn1cnc([N+](=O)[O-])c1C[N+](C)(C)C/C=C/C(=O)Nc1cc2c(Nc3ccc(OCc4ccccn4)c(Br)c3)ncnc2cn1.[Br-]. The third kappa shape index (κ3) is 8.68. The summed E-state index contributed by atoms with van der Waals surface area (Å²) in [7, 11) is 5.55. The predicted octanol–water partition coefficient (Wildman–Crippen LogP) is 1.92. The number of amides is 1. The minimum absolute atomic E-state index is 0. The van der Waals surface area contributed by atoms with Gasteiger partial charge in [-0.15, -0.1) is 0 Å². The second kappa shape index (κ2) is 15.0. The van der Waals surface area contributed by atoms with E-state index < -0.39 is 4.92 Å². The average molecular weight is 754 g/mol. The van der Waals surface area contributed by atoms with E-state index in [1.54, 1.807) is 36.2 Å². The second-order valence-electron chi connectivity index (χ2n) is 10.7. The van der Waals surface area contributed by atoms with Gasteiger partial charge in [-0.1, -0.05) is 6.07 Å². The molecular formula is C30H30Br2N10O4. The van der Waals surface area contributed by atoms with E-state index in [-0.39, 0.29) is 28.7 Å². The monoisotopic (exact) mass is 752 g/mol. The highest BCUT2D eigenvalue weighted by Crippen LogP contribution is 2.31. The lowest BCUT2D eigenvalue weighted by Crippen LogP contribution is -3.00. The van der Waals surface area contributed by atoms with E-state index in [1.807, 2.05) is 50.5 Å². The normalized spacial score (nSPS) is 11.3. The number of pyridine rings is 2. The van der Waals surface area contributed by atoms with E-state index in [0.29, 0.717) is 58.2 Å². The molecular weight excluding hydrogens is 724 g/mol. The molecule has 0 aliphatic carbocycles. The van der Waals surface area contributed by atoms with Crippen molar-refractivity contribution in [3.63, 3.8) is 0 Å². The van der Waals surface area contributed by atoms with Crippen LogP contribution in [-0.2, 0) is 25.0 Å². The average Bonchev–Trinajstić information content (AvgIpc) is 3.36. The molecule has 4 aromatic heterocycles. The van der Waals surface area contributed by atoms with Crippen molar-refractivity contribution >= 4 is 55.9 Å². The van der Waals surface area contributed by atoms with E-state index in [1.165, 1.54) is 18.7 Å². The number of ether oxygens (including phenoxy) is 1. The van der Waals surface area contributed by atoms with Gasteiger partial charge in [0.15, 0.2) is 5.69 Å². The Bertz CT molecular complexity index is 1880. The Hall–Kier alpha value is -4.80. The molecule has 0 saturated carbocycles. The summed E-state index contributed by atoms with van der Waals surface area (Å²) in [6, 6.07) is 13.0. The largest absolute Gasteiger partial charge is 1.00 e. The Morgan fingerprint density at radius 1 is 1.13 bits per heavy atom. The fraction of sp³-hybridized carbons (Fsp3) is 0.200. The summed E-state index contributed by atoms with van der Waals surface area (Å²) >= 11 is 3.57. The van der Waals surface area contributed by atoms with Crippen molar-refractivity contribution in [2.24, 2.45) is 7.05 Å². The van der Waals surface area contributed by atoms with Gasteiger partial charge in [0.2, 0.25) is 12.2 Å². The lowest BCUT2D eigenvalue weighted by Gasteiger charge is -2.27. The maximum atomic E-state index is 12.7. The maximum Gasteiger partial charge on any atom is 0.390 e. The van der Waals surface area contributed by atoms with E-state index in [0.717, 1.165) is 15.9 Å². The highest BCUT2D eigenvalue weighted by Gasteiger charge is 2.27. The molecule has 0 radical (unpaired) electrons. The topological polar surface area (TPSA) is 163 Å². The number of quaternary nitrogens is 1. The van der Waals surface area contributed by atoms with Crippen LogP contribution < -0.4 is 32.4 Å². The van der Waals surface area contributed by atoms with E-state index in [9.17, 15) is 14.9 Å². The predicted molar refractivity (Wildman–Crippen MR) is 172 cm³/mol. The van der Waals surface area contributed by atoms with Gasteiger partial charge >= 0.3 is 5.82 Å². The van der Waals surface area contributed by atoms with Crippen LogP contribution in [0.5, 0.6) is 5.75 Å². The van der Waals surface area contributed by atoms with Gasteiger partial charge in [0.1, 0.15) is 36.9 Å². The molecule has 0 fully saturated rings. The van der Waals surface area contributed by atoms with E-state index in [4.69, 9.17) is 4.74 Å². The van der Waals surface area contributed by atoms with Crippen LogP contribution in [0.25, 0.3) is 10.9 Å². The van der Waals surface area contributed by atoms with Crippen LogP contribution in [0.4, 0.5) is 23.1 Å². The minimum Gasteiger partial charge on any atom is -1.00 e. The van der Waals surface area contributed by atoms with Crippen molar-refractivity contribution in [1.29, 1.82) is 0 Å². The molecule has 4 heterocycles. The van der Waals surface area contributed by atoms with Gasteiger partial charge < -0.3 is 51.5 Å². The first kappa shape index (κ1) is 34.1. The number of likely N-dealkylation sites (N-methyl/N-ethyl adjacent to an activating group) is 1. The fourth-order valence-corrected chi connectivity index (χ4v) is 4.95. The summed E-state index contributed by atoms with van der Waals surface area (Å²) in [6.07, 6.45) is 9.28. The van der Waals surface area contributed by atoms with E-state index in [2.05, 4.69) is 51.5 Å². The molecule has 0 aliphatic rings. The number of hydrogen-bond acceptors (Lipinski definition) is 10. The highest BCUT2D eigenvalue weighted by molar-refractivity contribution is 9.10. The standard InChI is InChI=1S/C30H29BrN10O4.BrH/c1-39-19-36-30(40(43)44)25(39)16-41(2,3)12-6-8-28(42)38-27-14-22-24(15-33-27)34-18-35-29(22)37-20-9-10-26(23(31)13-20)45-17-21-7-4-5-11-32-21;/h4-11,13-15,18-19H,12,16-17H2,1-3H3,(H-,33,34,35,37,38,42);1H/b8-6+;. The summed E-state index contributed by atoms with van der Waals surface area (Å²) in [4.78, 5) is 44.7. The van der Waals surface area contributed by atoms with Crippen molar-refractivity contribution in [2.75, 3.05) is 31.3 Å². The van der Waals surface area contributed by atoms with Crippen molar-refractivity contribution in [3.8, 4) is 5.75 Å². The maximum absolute atomic E-state index is 12.7. The van der Waals surface area contributed by atoms with Gasteiger partial charge in [-0.2, -0.15) is 0 Å². The Labute approximate surface area is 283 Å². The molecule has 0 atom stereocenters. The number of fused-ring (bicyclic) bond motifs is 1. The molecule has 0 aliphatic heterocycles.